The van der Waals surface area contributed by atoms with Gasteiger partial charge in [0, 0.05) is 43.5 Å². The van der Waals surface area contributed by atoms with Crippen molar-refractivity contribution in [1.82, 2.24) is 9.80 Å². The number of aromatic nitrogens is 1. The van der Waals surface area contributed by atoms with Crippen molar-refractivity contribution in [2.75, 3.05) is 59.9 Å². The maximum Gasteiger partial charge on any atom is 0.263 e. The van der Waals surface area contributed by atoms with Crippen molar-refractivity contribution >= 4 is 38.9 Å². The Kier molecular flexibility index (Phi) is 9.19. The van der Waals surface area contributed by atoms with Crippen LogP contribution in [0, 0.1) is 0 Å². The van der Waals surface area contributed by atoms with Gasteiger partial charge in [0.2, 0.25) is 5.52 Å². The fourth-order valence-corrected chi connectivity index (χ4v) is 6.92. The number of hydrogen-bond acceptors (Lipinski definition) is 6. The molecule has 0 bridgehead atoms. The first-order valence-electron chi connectivity index (χ1n) is 14.7. The van der Waals surface area contributed by atoms with E-state index in [0.29, 0.717) is 0 Å². The van der Waals surface area contributed by atoms with Gasteiger partial charge in [-0.1, -0.05) is 42.5 Å². The van der Waals surface area contributed by atoms with Crippen LogP contribution in [-0.4, -0.2) is 64.8 Å². The molecule has 0 spiro atoms. The van der Waals surface area contributed by atoms with Gasteiger partial charge in [-0.25, -0.2) is 0 Å². The Morgan fingerprint density at radius 3 is 2.36 bits per heavy atom. The van der Waals surface area contributed by atoms with E-state index in [9.17, 15) is 0 Å². The monoisotopic (exact) mass is 583 g/mol. The van der Waals surface area contributed by atoms with E-state index in [1.165, 1.54) is 37.9 Å². The zero-order valence-electron chi connectivity index (χ0n) is 26.0. The van der Waals surface area contributed by atoms with Crippen molar-refractivity contribution in [3.8, 4) is 22.6 Å². The molecule has 3 aromatic carbocycles. The maximum atomic E-state index is 5.70. The Hall–Kier alpha value is -3.81. The summed E-state index contributed by atoms with van der Waals surface area (Å²) < 4.78 is 14.9. The SMILES string of the molecule is CCCN(CCCN(C)C)C1=CC(=Cc2sc3cc(-c4c(OC)cccc4OC)ccc3[n+]2C)c2ccccc2N1C. The maximum absolute atomic E-state index is 5.70. The molecular formula is C35H43N4O2S+. The average Bonchev–Trinajstić information content (AvgIpc) is 3.31. The molecule has 0 fully saturated rings. The smallest absolute Gasteiger partial charge is 0.263 e. The minimum atomic E-state index is 0.805. The number of fused-ring (bicyclic) bond motifs is 2. The summed E-state index contributed by atoms with van der Waals surface area (Å²) in [6.45, 7) is 5.41. The van der Waals surface area contributed by atoms with Gasteiger partial charge in [0.15, 0.2) is 0 Å². The lowest BCUT2D eigenvalue weighted by molar-refractivity contribution is -0.642. The van der Waals surface area contributed by atoms with Gasteiger partial charge >= 0.3 is 0 Å². The highest BCUT2D eigenvalue weighted by molar-refractivity contribution is 7.19. The molecule has 0 N–H and O–H groups in total. The van der Waals surface area contributed by atoms with Crippen LogP contribution in [-0.2, 0) is 7.05 Å². The van der Waals surface area contributed by atoms with E-state index < -0.39 is 0 Å². The van der Waals surface area contributed by atoms with Crippen LogP contribution in [0.4, 0.5) is 5.69 Å². The first kappa shape index (κ1) is 29.7. The number of ether oxygens (including phenoxy) is 2. The summed E-state index contributed by atoms with van der Waals surface area (Å²) in [4.78, 5) is 7.17. The molecule has 0 saturated carbocycles. The van der Waals surface area contributed by atoms with E-state index in [-0.39, 0.29) is 0 Å². The van der Waals surface area contributed by atoms with Crippen molar-refractivity contribution in [3.05, 3.63) is 83.1 Å². The molecule has 6 nitrogen and oxygen atoms in total. The standard InChI is InChI=1S/C35H43N4O2S/c1-8-19-39(21-12-20-36(2)3)33-23-26(27-13-9-10-14-28(27)37(33)4)24-34-38(5)29-18-17-25(22-32(29)42-34)35-30(40-6)15-11-16-31(35)41-7/h9-11,13-18,22-24H,8,12,19-21H2,1-7H3/q+1. The Morgan fingerprint density at radius 2 is 1.67 bits per heavy atom. The Morgan fingerprint density at radius 1 is 0.929 bits per heavy atom. The van der Waals surface area contributed by atoms with Gasteiger partial charge in [-0.05, 0) is 81.0 Å². The van der Waals surface area contributed by atoms with E-state index in [2.05, 4.69) is 109 Å². The zero-order valence-corrected chi connectivity index (χ0v) is 26.8. The minimum absolute atomic E-state index is 0.805. The number of methoxy groups -OCH3 is 2. The van der Waals surface area contributed by atoms with E-state index in [1.807, 2.05) is 29.5 Å². The number of anilines is 1. The molecule has 4 aromatic rings. The molecule has 42 heavy (non-hydrogen) atoms. The van der Waals surface area contributed by atoms with Gasteiger partial charge < -0.3 is 24.2 Å². The van der Waals surface area contributed by atoms with Crippen molar-refractivity contribution in [2.45, 2.75) is 19.8 Å². The highest BCUT2D eigenvalue weighted by atomic mass is 32.1. The fourth-order valence-electron chi connectivity index (χ4n) is 5.78. The summed E-state index contributed by atoms with van der Waals surface area (Å²) >= 11 is 1.81. The minimum Gasteiger partial charge on any atom is -0.496 e. The van der Waals surface area contributed by atoms with Crippen molar-refractivity contribution in [1.29, 1.82) is 0 Å². The van der Waals surface area contributed by atoms with Crippen molar-refractivity contribution in [3.63, 3.8) is 0 Å². The largest absolute Gasteiger partial charge is 0.496 e. The van der Waals surface area contributed by atoms with Crippen LogP contribution in [0.2, 0.25) is 0 Å². The van der Waals surface area contributed by atoms with Crippen LogP contribution in [0.1, 0.15) is 30.3 Å². The summed E-state index contributed by atoms with van der Waals surface area (Å²) in [5, 5.41) is 1.20. The van der Waals surface area contributed by atoms with Crippen LogP contribution < -0.4 is 18.9 Å². The number of rotatable bonds is 11. The van der Waals surface area contributed by atoms with Gasteiger partial charge in [0.25, 0.3) is 5.01 Å². The molecule has 220 valence electrons. The van der Waals surface area contributed by atoms with Gasteiger partial charge in [-0.15, -0.1) is 0 Å². The molecule has 0 amide bonds. The number of benzene rings is 3. The molecule has 0 unspecified atom stereocenters. The third kappa shape index (κ3) is 5.90. The predicted molar refractivity (Wildman–Crippen MR) is 177 cm³/mol. The second kappa shape index (κ2) is 13.0. The molecular weight excluding hydrogens is 540 g/mol. The number of para-hydroxylation sites is 1. The fraction of sp³-hybridized carbons (Fsp3) is 0.343. The van der Waals surface area contributed by atoms with Gasteiger partial charge in [0.1, 0.15) is 29.1 Å². The molecule has 0 aliphatic carbocycles. The number of hydrogen-bond donors (Lipinski definition) is 0. The van der Waals surface area contributed by atoms with Crippen LogP contribution in [0.5, 0.6) is 11.5 Å². The van der Waals surface area contributed by atoms with Gasteiger partial charge in [-0.2, -0.15) is 4.57 Å². The Balaban J connectivity index is 1.58. The van der Waals surface area contributed by atoms with E-state index in [0.717, 1.165) is 55.1 Å². The molecule has 0 atom stereocenters. The highest BCUT2D eigenvalue weighted by Gasteiger charge is 2.25. The highest BCUT2D eigenvalue weighted by Crippen LogP contribution is 2.41. The molecule has 0 saturated heterocycles. The second-order valence-electron chi connectivity index (χ2n) is 11.0. The molecule has 0 radical (unpaired) electrons. The number of aryl methyl sites for hydroxylation is 1. The molecule has 1 aliphatic rings. The quantitative estimate of drug-likeness (QED) is 0.179. The summed E-state index contributed by atoms with van der Waals surface area (Å²) in [7, 11) is 12.1. The van der Waals surface area contributed by atoms with Crippen molar-refractivity contribution < 1.29 is 14.0 Å². The van der Waals surface area contributed by atoms with Crippen molar-refractivity contribution in [2.24, 2.45) is 7.05 Å². The van der Waals surface area contributed by atoms with Gasteiger partial charge in [0.05, 0.1) is 19.8 Å². The van der Waals surface area contributed by atoms with Gasteiger partial charge in [-0.3, -0.25) is 0 Å². The first-order valence-corrected chi connectivity index (χ1v) is 15.5. The normalized spacial score (nSPS) is 14.0. The molecule has 7 heteroatoms. The third-order valence-electron chi connectivity index (χ3n) is 7.92. The lowest BCUT2D eigenvalue weighted by Crippen LogP contribution is -2.37. The summed E-state index contributed by atoms with van der Waals surface area (Å²) in [5.74, 6) is 2.87. The Bertz CT molecular complexity index is 1600. The van der Waals surface area contributed by atoms with Crippen LogP contribution in [0.15, 0.2) is 72.6 Å². The third-order valence-corrected chi connectivity index (χ3v) is 9.07. The topological polar surface area (TPSA) is 32.1 Å². The zero-order chi connectivity index (χ0) is 29.8. The first-order chi connectivity index (χ1) is 20.4. The van der Waals surface area contributed by atoms with E-state index >= 15 is 0 Å². The lowest BCUT2D eigenvalue weighted by atomic mass is 9.98. The van der Waals surface area contributed by atoms with E-state index in [1.54, 1.807) is 14.2 Å². The summed E-state index contributed by atoms with van der Waals surface area (Å²) in [6, 6.07) is 21.3. The predicted octanol–water partition coefficient (Wildman–Crippen LogP) is 6.91. The average molecular weight is 584 g/mol. The number of nitrogens with zero attached hydrogens (tertiary/aromatic N) is 4. The van der Waals surface area contributed by atoms with Crippen LogP contribution in [0.25, 0.3) is 33.0 Å². The second-order valence-corrected chi connectivity index (χ2v) is 12.1. The van der Waals surface area contributed by atoms with E-state index in [4.69, 9.17) is 9.47 Å². The van der Waals surface area contributed by atoms with Crippen LogP contribution >= 0.6 is 11.3 Å². The number of thiazole rings is 1. The van der Waals surface area contributed by atoms with Crippen LogP contribution in [0.3, 0.4) is 0 Å². The summed E-state index contributed by atoms with van der Waals surface area (Å²) in [5.41, 5.74) is 6.99. The molecule has 5 rings (SSSR count). The molecule has 1 aliphatic heterocycles. The molecule has 2 heterocycles. The Labute approximate surface area is 254 Å². The number of allylic oxidation sites excluding steroid dienone is 2. The molecule has 1 aromatic heterocycles. The summed E-state index contributed by atoms with van der Waals surface area (Å²) in [6.07, 6.45) is 6.97. The lowest BCUT2D eigenvalue weighted by Gasteiger charge is -2.38.